The van der Waals surface area contributed by atoms with Crippen molar-refractivity contribution in [3.8, 4) is 40.1 Å². The Balaban J connectivity index is 1.94. The first-order valence-electron chi connectivity index (χ1n) is 10.0. The van der Waals surface area contributed by atoms with E-state index in [9.17, 15) is 45.6 Å². The molecule has 0 spiro atoms. The van der Waals surface area contributed by atoms with Crippen LogP contribution in [0.1, 0.15) is 11.7 Å². The minimum absolute atomic E-state index is 0.0447. The summed E-state index contributed by atoms with van der Waals surface area (Å²) in [5.74, 6) is -3.17. The third-order valence-corrected chi connectivity index (χ3v) is 5.77. The molecule has 0 amide bonds. The normalized spacial score (nSPS) is 24.9. The Morgan fingerprint density at radius 2 is 1.65 bits per heavy atom. The predicted octanol–water partition coefficient (Wildman–Crippen LogP) is -0.194. The number of ether oxygens (including phenoxy) is 2. The van der Waals surface area contributed by atoms with Gasteiger partial charge in [-0.25, -0.2) is 0 Å². The molecule has 34 heavy (non-hydrogen) atoms. The van der Waals surface area contributed by atoms with Crippen molar-refractivity contribution < 1.29 is 54.7 Å². The summed E-state index contributed by atoms with van der Waals surface area (Å²) in [5.41, 5.74) is -1.56. The van der Waals surface area contributed by atoms with Crippen molar-refractivity contribution in [2.45, 2.75) is 30.5 Å². The highest BCUT2D eigenvalue weighted by molar-refractivity contribution is 5.90. The number of aromatic hydroxyl groups is 4. The van der Waals surface area contributed by atoms with Crippen molar-refractivity contribution in [2.24, 2.45) is 0 Å². The molecular formula is C22H22O12. The van der Waals surface area contributed by atoms with Crippen molar-refractivity contribution in [1.82, 2.24) is 0 Å². The van der Waals surface area contributed by atoms with E-state index in [4.69, 9.17) is 13.9 Å². The maximum Gasteiger partial charge on any atom is 0.238 e. The number of rotatable bonds is 4. The fraction of sp³-hybridized carbons (Fsp3) is 0.318. The fourth-order valence-corrected chi connectivity index (χ4v) is 3.96. The van der Waals surface area contributed by atoms with E-state index >= 15 is 0 Å². The van der Waals surface area contributed by atoms with Gasteiger partial charge in [0.1, 0.15) is 53.0 Å². The van der Waals surface area contributed by atoms with Crippen molar-refractivity contribution in [1.29, 1.82) is 0 Å². The topological polar surface area (TPSA) is 211 Å². The smallest absolute Gasteiger partial charge is 0.238 e. The van der Waals surface area contributed by atoms with Gasteiger partial charge in [0, 0.05) is 11.6 Å². The molecule has 1 aliphatic heterocycles. The van der Waals surface area contributed by atoms with E-state index in [0.717, 1.165) is 12.1 Å². The molecule has 1 saturated heterocycles. The zero-order valence-corrected chi connectivity index (χ0v) is 17.6. The van der Waals surface area contributed by atoms with Gasteiger partial charge in [-0.05, 0) is 18.2 Å². The molecular weight excluding hydrogens is 456 g/mol. The molecule has 5 atom stereocenters. The molecule has 2 aromatic carbocycles. The highest BCUT2D eigenvalue weighted by atomic mass is 16.5. The average Bonchev–Trinajstić information content (AvgIpc) is 2.82. The second-order valence-electron chi connectivity index (χ2n) is 7.78. The molecule has 4 rings (SSSR count). The Kier molecular flexibility index (Phi) is 6.02. The van der Waals surface area contributed by atoms with Crippen LogP contribution in [0.4, 0.5) is 0 Å². The van der Waals surface area contributed by atoms with Crippen LogP contribution in [0.2, 0.25) is 0 Å². The zero-order chi connectivity index (χ0) is 24.9. The number of phenols is 3. The molecule has 12 nitrogen and oxygen atoms in total. The lowest BCUT2D eigenvalue weighted by Gasteiger charge is -2.40. The summed E-state index contributed by atoms with van der Waals surface area (Å²) in [5, 5.41) is 80.3. The highest BCUT2D eigenvalue weighted by Gasteiger charge is 2.46. The van der Waals surface area contributed by atoms with E-state index in [1.165, 1.54) is 19.2 Å². The lowest BCUT2D eigenvalue weighted by atomic mass is 9.89. The Morgan fingerprint density at radius 1 is 0.941 bits per heavy atom. The largest absolute Gasteiger partial charge is 0.506 e. The summed E-state index contributed by atoms with van der Waals surface area (Å²) in [7, 11) is 1.21. The number of methoxy groups -OCH3 is 1. The van der Waals surface area contributed by atoms with Gasteiger partial charge in [0.2, 0.25) is 11.2 Å². The van der Waals surface area contributed by atoms with Crippen LogP contribution >= 0.6 is 0 Å². The third kappa shape index (κ3) is 3.57. The SMILES string of the molecule is COc1cc2oc(-c3ccc(O)c(O)c3)c(O)c(=O)c2c(O)c1[C@@H]1O[C@H](CO)[C@@H](O)[C@H](O)[C@H]1O. The van der Waals surface area contributed by atoms with Gasteiger partial charge < -0.3 is 54.7 Å². The average molecular weight is 478 g/mol. The molecule has 0 aliphatic carbocycles. The van der Waals surface area contributed by atoms with Gasteiger partial charge in [-0.1, -0.05) is 0 Å². The van der Waals surface area contributed by atoms with Crippen molar-refractivity contribution >= 4 is 11.0 Å². The van der Waals surface area contributed by atoms with Crippen LogP contribution in [0.15, 0.2) is 33.5 Å². The van der Waals surface area contributed by atoms with E-state index in [0.29, 0.717) is 0 Å². The van der Waals surface area contributed by atoms with Crippen LogP contribution in [-0.4, -0.2) is 79.0 Å². The molecule has 0 saturated carbocycles. The van der Waals surface area contributed by atoms with Crippen LogP contribution in [0.5, 0.6) is 28.7 Å². The van der Waals surface area contributed by atoms with Gasteiger partial charge in [0.25, 0.3) is 0 Å². The summed E-state index contributed by atoms with van der Waals surface area (Å²) in [6.07, 6.45) is -8.02. The summed E-state index contributed by atoms with van der Waals surface area (Å²) >= 11 is 0. The van der Waals surface area contributed by atoms with Gasteiger partial charge >= 0.3 is 0 Å². The number of fused-ring (bicyclic) bond motifs is 1. The Labute approximate surface area is 190 Å². The van der Waals surface area contributed by atoms with E-state index < -0.39 is 70.9 Å². The number of hydrogen-bond donors (Lipinski definition) is 8. The zero-order valence-electron chi connectivity index (χ0n) is 17.6. The lowest BCUT2D eigenvalue weighted by Crippen LogP contribution is -2.55. The molecule has 1 fully saturated rings. The molecule has 0 unspecified atom stereocenters. The van der Waals surface area contributed by atoms with E-state index in [1.54, 1.807) is 0 Å². The molecule has 1 aliphatic rings. The van der Waals surface area contributed by atoms with Crippen molar-refractivity contribution in [2.75, 3.05) is 13.7 Å². The van der Waals surface area contributed by atoms with Crippen LogP contribution in [0.25, 0.3) is 22.3 Å². The van der Waals surface area contributed by atoms with E-state index in [1.807, 2.05) is 0 Å². The maximum absolute atomic E-state index is 13.0. The maximum atomic E-state index is 13.0. The second kappa shape index (κ2) is 8.66. The molecule has 182 valence electrons. The highest BCUT2D eigenvalue weighted by Crippen LogP contribution is 2.46. The van der Waals surface area contributed by atoms with Gasteiger partial charge in [-0.15, -0.1) is 0 Å². The standard InChI is InChI=1S/C22H22O12/c1-32-10-5-11-13(16(27)14(10)22-20(31)18(29)15(26)12(6-23)34-22)17(28)19(30)21(33-11)7-2-3-8(24)9(25)4-7/h2-5,12,15,18,20,22-27,29-31H,6H2,1H3/t12-,15-,18+,20-,22+/m1/s1. The Bertz CT molecular complexity index is 1300. The van der Waals surface area contributed by atoms with Gasteiger partial charge in [-0.3, -0.25) is 4.79 Å². The summed E-state index contributed by atoms with van der Waals surface area (Å²) in [6.45, 7) is -0.718. The Morgan fingerprint density at radius 3 is 2.26 bits per heavy atom. The Hall–Kier alpha value is -3.55. The molecule has 12 heteroatoms. The molecule has 2 heterocycles. The minimum atomic E-state index is -1.78. The van der Waals surface area contributed by atoms with Crippen molar-refractivity contribution in [3.05, 3.63) is 40.1 Å². The van der Waals surface area contributed by atoms with Gasteiger partial charge in [-0.2, -0.15) is 0 Å². The molecule has 3 aromatic rings. The van der Waals surface area contributed by atoms with Gasteiger partial charge in [0.05, 0.1) is 19.3 Å². The summed E-state index contributed by atoms with van der Waals surface area (Å²) in [6, 6.07) is 4.63. The molecule has 8 N–H and O–H groups in total. The molecule has 0 radical (unpaired) electrons. The minimum Gasteiger partial charge on any atom is -0.506 e. The molecule has 0 bridgehead atoms. The van der Waals surface area contributed by atoms with Crippen LogP contribution in [-0.2, 0) is 4.74 Å². The van der Waals surface area contributed by atoms with Crippen LogP contribution in [0, 0.1) is 0 Å². The van der Waals surface area contributed by atoms with Crippen molar-refractivity contribution in [3.63, 3.8) is 0 Å². The summed E-state index contributed by atoms with van der Waals surface area (Å²) < 4.78 is 16.4. The summed E-state index contributed by atoms with van der Waals surface area (Å²) in [4.78, 5) is 13.0. The fourth-order valence-electron chi connectivity index (χ4n) is 3.96. The first kappa shape index (κ1) is 23.6. The lowest BCUT2D eigenvalue weighted by molar-refractivity contribution is -0.232. The number of benzene rings is 2. The van der Waals surface area contributed by atoms with E-state index in [2.05, 4.69) is 0 Å². The molecule has 1 aromatic heterocycles. The predicted molar refractivity (Wildman–Crippen MR) is 114 cm³/mol. The van der Waals surface area contributed by atoms with Gasteiger partial charge in [0.15, 0.2) is 17.3 Å². The van der Waals surface area contributed by atoms with Crippen LogP contribution < -0.4 is 10.2 Å². The monoisotopic (exact) mass is 478 g/mol. The van der Waals surface area contributed by atoms with Crippen LogP contribution in [0.3, 0.4) is 0 Å². The number of phenolic OH excluding ortho intramolecular Hbond substituents is 3. The number of hydrogen-bond acceptors (Lipinski definition) is 12. The number of aliphatic hydroxyl groups is 4. The quantitative estimate of drug-likeness (QED) is 0.229. The first-order chi connectivity index (χ1) is 16.1. The van der Waals surface area contributed by atoms with E-state index in [-0.39, 0.29) is 28.2 Å². The third-order valence-electron chi connectivity index (χ3n) is 5.77. The first-order valence-corrected chi connectivity index (χ1v) is 10.0. The number of aliphatic hydroxyl groups excluding tert-OH is 4. The second-order valence-corrected chi connectivity index (χ2v) is 7.78.